The summed E-state index contributed by atoms with van der Waals surface area (Å²) in [6.45, 7) is 8.86. The number of aliphatic carboxylic acids is 1. The molecule has 1 heterocycles. The van der Waals surface area contributed by atoms with E-state index in [1.54, 1.807) is 0 Å². The first-order chi connectivity index (χ1) is 7.49. The SMILES string of the molecule is CCCC(C)(CN1CCOCC1C)C(=O)O. The molecule has 0 radical (unpaired) electrons. The Morgan fingerprint density at radius 2 is 2.31 bits per heavy atom. The van der Waals surface area contributed by atoms with Crippen LogP contribution in [0, 0.1) is 5.41 Å². The van der Waals surface area contributed by atoms with E-state index in [-0.39, 0.29) is 0 Å². The Hall–Kier alpha value is -0.610. The van der Waals surface area contributed by atoms with Crippen LogP contribution in [0.15, 0.2) is 0 Å². The van der Waals surface area contributed by atoms with Crippen LogP contribution in [0.1, 0.15) is 33.6 Å². The second-order valence-electron chi connectivity index (χ2n) is 5.01. The number of hydrogen-bond acceptors (Lipinski definition) is 3. The highest BCUT2D eigenvalue weighted by Crippen LogP contribution is 2.26. The summed E-state index contributed by atoms with van der Waals surface area (Å²) in [7, 11) is 0. The predicted octanol–water partition coefficient (Wildman–Crippen LogP) is 1.60. The van der Waals surface area contributed by atoms with Crippen LogP contribution in [0.25, 0.3) is 0 Å². The second kappa shape index (κ2) is 5.64. The molecule has 0 amide bonds. The molecule has 1 aliphatic rings. The Kier molecular flexibility index (Phi) is 4.74. The molecule has 1 rings (SSSR count). The number of rotatable bonds is 5. The Bertz CT molecular complexity index is 244. The van der Waals surface area contributed by atoms with Crippen LogP contribution in [-0.4, -0.2) is 48.3 Å². The second-order valence-corrected chi connectivity index (χ2v) is 5.01. The van der Waals surface area contributed by atoms with Gasteiger partial charge >= 0.3 is 5.97 Å². The van der Waals surface area contributed by atoms with Crippen LogP contribution in [0.5, 0.6) is 0 Å². The average molecular weight is 229 g/mol. The average Bonchev–Trinajstić information content (AvgIpc) is 2.21. The third kappa shape index (κ3) is 3.19. The van der Waals surface area contributed by atoms with Crippen LogP contribution in [0.3, 0.4) is 0 Å². The van der Waals surface area contributed by atoms with E-state index in [1.165, 1.54) is 0 Å². The molecule has 2 unspecified atom stereocenters. The van der Waals surface area contributed by atoms with Gasteiger partial charge in [0, 0.05) is 19.1 Å². The summed E-state index contributed by atoms with van der Waals surface area (Å²) >= 11 is 0. The number of carboxylic acids is 1. The maximum absolute atomic E-state index is 11.3. The molecule has 0 aliphatic carbocycles. The van der Waals surface area contributed by atoms with Gasteiger partial charge in [-0.1, -0.05) is 13.3 Å². The molecule has 0 aromatic carbocycles. The van der Waals surface area contributed by atoms with Crippen molar-refractivity contribution in [1.29, 1.82) is 0 Å². The minimum absolute atomic E-state index is 0.323. The van der Waals surface area contributed by atoms with Crippen LogP contribution >= 0.6 is 0 Å². The minimum Gasteiger partial charge on any atom is -0.481 e. The molecule has 1 saturated heterocycles. The van der Waals surface area contributed by atoms with E-state index in [9.17, 15) is 9.90 Å². The number of nitrogens with zero attached hydrogens (tertiary/aromatic N) is 1. The molecule has 0 bridgehead atoms. The molecule has 2 atom stereocenters. The summed E-state index contributed by atoms with van der Waals surface area (Å²) in [6.07, 6.45) is 1.63. The number of ether oxygens (including phenoxy) is 1. The minimum atomic E-state index is -0.687. The van der Waals surface area contributed by atoms with Gasteiger partial charge in [-0.25, -0.2) is 0 Å². The van der Waals surface area contributed by atoms with E-state index < -0.39 is 11.4 Å². The molecule has 1 N–H and O–H groups in total. The molecule has 0 aromatic heterocycles. The summed E-state index contributed by atoms with van der Waals surface area (Å²) in [5.74, 6) is -0.687. The molecule has 4 heteroatoms. The van der Waals surface area contributed by atoms with Gasteiger partial charge in [-0.3, -0.25) is 9.69 Å². The standard InChI is InChI=1S/C12H23NO3/c1-4-5-12(3,11(14)15)9-13-6-7-16-8-10(13)2/h10H,4-9H2,1-3H3,(H,14,15). The summed E-state index contributed by atoms with van der Waals surface area (Å²) in [5.41, 5.74) is -0.625. The maximum Gasteiger partial charge on any atom is 0.310 e. The summed E-state index contributed by atoms with van der Waals surface area (Å²) in [4.78, 5) is 13.6. The maximum atomic E-state index is 11.3. The molecular formula is C12H23NO3. The Labute approximate surface area is 97.6 Å². The fourth-order valence-corrected chi connectivity index (χ4v) is 2.25. The van der Waals surface area contributed by atoms with Gasteiger partial charge in [0.1, 0.15) is 0 Å². The smallest absolute Gasteiger partial charge is 0.310 e. The van der Waals surface area contributed by atoms with Crippen molar-refractivity contribution in [3.63, 3.8) is 0 Å². The highest BCUT2D eigenvalue weighted by molar-refractivity contribution is 5.74. The van der Waals surface area contributed by atoms with Crippen LogP contribution in [0.2, 0.25) is 0 Å². The Morgan fingerprint density at radius 1 is 1.62 bits per heavy atom. The van der Waals surface area contributed by atoms with Crippen molar-refractivity contribution in [1.82, 2.24) is 4.90 Å². The summed E-state index contributed by atoms with van der Waals surface area (Å²) < 4.78 is 5.36. The highest BCUT2D eigenvalue weighted by atomic mass is 16.5. The number of hydrogen-bond donors (Lipinski definition) is 1. The number of carboxylic acid groups (broad SMARTS) is 1. The van der Waals surface area contributed by atoms with E-state index in [4.69, 9.17) is 4.74 Å². The molecule has 0 spiro atoms. The normalized spacial score (nSPS) is 26.3. The van der Waals surface area contributed by atoms with Crippen molar-refractivity contribution in [2.24, 2.45) is 5.41 Å². The van der Waals surface area contributed by atoms with Gasteiger partial charge in [-0.2, -0.15) is 0 Å². The topological polar surface area (TPSA) is 49.8 Å². The van der Waals surface area contributed by atoms with Crippen LogP contribution < -0.4 is 0 Å². The van der Waals surface area contributed by atoms with Crippen molar-refractivity contribution in [2.45, 2.75) is 39.7 Å². The lowest BCUT2D eigenvalue weighted by Crippen LogP contribution is -2.50. The van der Waals surface area contributed by atoms with Gasteiger partial charge in [-0.05, 0) is 20.3 Å². The van der Waals surface area contributed by atoms with E-state index >= 15 is 0 Å². The lowest BCUT2D eigenvalue weighted by Gasteiger charge is -2.38. The fraction of sp³-hybridized carbons (Fsp3) is 0.917. The van der Waals surface area contributed by atoms with Crippen molar-refractivity contribution in [3.05, 3.63) is 0 Å². The fourth-order valence-electron chi connectivity index (χ4n) is 2.25. The van der Waals surface area contributed by atoms with Crippen molar-refractivity contribution in [3.8, 4) is 0 Å². The molecule has 0 aromatic rings. The first-order valence-corrected chi connectivity index (χ1v) is 6.05. The van der Waals surface area contributed by atoms with Gasteiger partial charge in [0.2, 0.25) is 0 Å². The van der Waals surface area contributed by atoms with Crippen molar-refractivity contribution >= 4 is 5.97 Å². The molecule has 94 valence electrons. The van der Waals surface area contributed by atoms with Crippen molar-refractivity contribution < 1.29 is 14.6 Å². The van der Waals surface area contributed by atoms with Gasteiger partial charge in [0.25, 0.3) is 0 Å². The van der Waals surface area contributed by atoms with Gasteiger partial charge < -0.3 is 9.84 Å². The molecular weight excluding hydrogens is 206 g/mol. The Morgan fingerprint density at radius 3 is 2.81 bits per heavy atom. The van der Waals surface area contributed by atoms with Gasteiger partial charge in [0.05, 0.1) is 18.6 Å². The van der Waals surface area contributed by atoms with E-state index in [0.29, 0.717) is 25.8 Å². The molecule has 0 saturated carbocycles. The lowest BCUT2D eigenvalue weighted by atomic mass is 9.84. The zero-order valence-electron chi connectivity index (χ0n) is 10.5. The lowest BCUT2D eigenvalue weighted by molar-refractivity contribution is -0.151. The molecule has 4 nitrogen and oxygen atoms in total. The third-order valence-corrected chi connectivity index (χ3v) is 3.38. The van der Waals surface area contributed by atoms with E-state index in [0.717, 1.165) is 19.4 Å². The highest BCUT2D eigenvalue weighted by Gasteiger charge is 2.36. The number of carbonyl (C=O) groups is 1. The van der Waals surface area contributed by atoms with Crippen molar-refractivity contribution in [2.75, 3.05) is 26.3 Å². The van der Waals surface area contributed by atoms with Gasteiger partial charge in [0.15, 0.2) is 0 Å². The summed E-state index contributed by atoms with van der Waals surface area (Å²) in [5, 5.41) is 9.32. The molecule has 1 fully saturated rings. The molecule has 1 aliphatic heterocycles. The first-order valence-electron chi connectivity index (χ1n) is 6.05. The quantitative estimate of drug-likeness (QED) is 0.778. The predicted molar refractivity (Wildman–Crippen MR) is 62.5 cm³/mol. The third-order valence-electron chi connectivity index (χ3n) is 3.38. The van der Waals surface area contributed by atoms with Crippen LogP contribution in [0.4, 0.5) is 0 Å². The summed E-state index contributed by atoms with van der Waals surface area (Å²) in [6, 6.07) is 0.323. The van der Waals surface area contributed by atoms with Crippen LogP contribution in [-0.2, 0) is 9.53 Å². The zero-order valence-corrected chi connectivity index (χ0v) is 10.5. The zero-order chi connectivity index (χ0) is 12.2. The van der Waals surface area contributed by atoms with Gasteiger partial charge in [-0.15, -0.1) is 0 Å². The first kappa shape index (κ1) is 13.5. The monoisotopic (exact) mass is 229 g/mol. The largest absolute Gasteiger partial charge is 0.481 e. The Balaban J connectivity index is 2.63. The van der Waals surface area contributed by atoms with E-state index in [1.807, 2.05) is 13.8 Å². The molecule has 16 heavy (non-hydrogen) atoms. The number of morpholine rings is 1. The van der Waals surface area contributed by atoms with E-state index in [2.05, 4.69) is 11.8 Å².